The molecule has 0 radical (unpaired) electrons. The summed E-state index contributed by atoms with van der Waals surface area (Å²) in [6.07, 6.45) is 5.83. The van der Waals surface area contributed by atoms with E-state index in [4.69, 9.17) is 6.42 Å². The number of amides is 2. The van der Waals surface area contributed by atoms with Crippen molar-refractivity contribution in [3.63, 3.8) is 0 Å². The molecule has 1 aliphatic heterocycles. The summed E-state index contributed by atoms with van der Waals surface area (Å²) in [6, 6.07) is -0.734. The Kier molecular flexibility index (Phi) is 6.23. The highest BCUT2D eigenvalue weighted by atomic mass is 32.2. The van der Waals surface area contributed by atoms with Crippen LogP contribution in [0.1, 0.15) is 27.2 Å². The Balaban J connectivity index is 2.75. The second-order valence-electron chi connectivity index (χ2n) is 4.95. The SMILES string of the molecule is C#CCSCCN1C(=O)C(CC)NC(=O)C1C(C)C. The lowest BCUT2D eigenvalue weighted by Gasteiger charge is -2.40. The van der Waals surface area contributed by atoms with Crippen molar-refractivity contribution in [3.05, 3.63) is 0 Å². The Morgan fingerprint density at radius 3 is 2.68 bits per heavy atom. The molecular weight excluding hydrogens is 260 g/mol. The smallest absolute Gasteiger partial charge is 0.245 e. The topological polar surface area (TPSA) is 49.4 Å². The first-order chi connectivity index (χ1) is 9.02. The van der Waals surface area contributed by atoms with E-state index in [1.165, 1.54) is 0 Å². The van der Waals surface area contributed by atoms with Crippen LogP contribution in [0.3, 0.4) is 0 Å². The summed E-state index contributed by atoms with van der Waals surface area (Å²) < 4.78 is 0. The van der Waals surface area contributed by atoms with E-state index in [1.54, 1.807) is 16.7 Å². The molecule has 2 atom stereocenters. The van der Waals surface area contributed by atoms with Gasteiger partial charge in [0.2, 0.25) is 11.8 Å². The number of nitrogens with zero attached hydrogens (tertiary/aromatic N) is 1. The van der Waals surface area contributed by atoms with Gasteiger partial charge in [-0.25, -0.2) is 0 Å². The van der Waals surface area contributed by atoms with Crippen molar-refractivity contribution >= 4 is 23.6 Å². The predicted octanol–water partition coefficient (Wildman–Crippen LogP) is 1.11. The van der Waals surface area contributed by atoms with Gasteiger partial charge >= 0.3 is 0 Å². The number of piperazine rings is 1. The quantitative estimate of drug-likeness (QED) is 0.586. The standard InChI is InChI=1S/C14H22N2O2S/c1-5-8-19-9-7-16-12(10(3)4)13(17)15-11(6-2)14(16)18/h1,10-12H,6-9H2,2-4H3,(H,15,17). The molecule has 4 nitrogen and oxygen atoms in total. The van der Waals surface area contributed by atoms with Crippen molar-refractivity contribution in [2.24, 2.45) is 5.92 Å². The summed E-state index contributed by atoms with van der Waals surface area (Å²) in [6.45, 7) is 6.42. The van der Waals surface area contributed by atoms with Crippen molar-refractivity contribution in [1.29, 1.82) is 0 Å². The summed E-state index contributed by atoms with van der Waals surface area (Å²) in [7, 11) is 0. The maximum Gasteiger partial charge on any atom is 0.245 e. The monoisotopic (exact) mass is 282 g/mol. The van der Waals surface area contributed by atoms with E-state index in [0.717, 1.165) is 5.75 Å². The molecule has 0 bridgehead atoms. The van der Waals surface area contributed by atoms with Crippen LogP contribution in [0.4, 0.5) is 0 Å². The van der Waals surface area contributed by atoms with Gasteiger partial charge in [-0.05, 0) is 12.3 Å². The minimum Gasteiger partial charge on any atom is -0.343 e. The van der Waals surface area contributed by atoms with Crippen LogP contribution < -0.4 is 5.32 Å². The fourth-order valence-electron chi connectivity index (χ4n) is 2.28. The van der Waals surface area contributed by atoms with Gasteiger partial charge in [0.15, 0.2) is 0 Å². The lowest BCUT2D eigenvalue weighted by Crippen LogP contribution is -2.64. The minimum atomic E-state index is -0.375. The summed E-state index contributed by atoms with van der Waals surface area (Å²) in [4.78, 5) is 26.2. The number of terminal acetylenes is 1. The summed E-state index contributed by atoms with van der Waals surface area (Å²) >= 11 is 1.61. The normalized spacial score (nSPS) is 23.4. The maximum atomic E-state index is 12.3. The Bertz CT molecular complexity index is 376. The van der Waals surface area contributed by atoms with E-state index in [1.807, 2.05) is 20.8 Å². The predicted molar refractivity (Wildman–Crippen MR) is 78.7 cm³/mol. The van der Waals surface area contributed by atoms with Gasteiger partial charge in [0.1, 0.15) is 12.1 Å². The van der Waals surface area contributed by atoms with Crippen LogP contribution in [0.2, 0.25) is 0 Å². The second-order valence-corrected chi connectivity index (χ2v) is 6.05. The van der Waals surface area contributed by atoms with E-state index in [2.05, 4.69) is 11.2 Å². The highest BCUT2D eigenvalue weighted by Gasteiger charge is 2.40. The van der Waals surface area contributed by atoms with Gasteiger partial charge in [0.25, 0.3) is 0 Å². The average molecular weight is 282 g/mol. The second kappa shape index (κ2) is 7.44. The molecule has 1 rings (SSSR count). The molecule has 19 heavy (non-hydrogen) atoms. The fraction of sp³-hybridized carbons (Fsp3) is 0.714. The summed E-state index contributed by atoms with van der Waals surface area (Å²) in [5.41, 5.74) is 0. The molecule has 2 unspecified atom stereocenters. The van der Waals surface area contributed by atoms with E-state index < -0.39 is 0 Å². The van der Waals surface area contributed by atoms with Gasteiger partial charge in [-0.15, -0.1) is 18.2 Å². The summed E-state index contributed by atoms with van der Waals surface area (Å²) in [5.74, 6) is 4.06. The largest absolute Gasteiger partial charge is 0.343 e. The van der Waals surface area contributed by atoms with Gasteiger partial charge in [-0.2, -0.15) is 0 Å². The first-order valence-electron chi connectivity index (χ1n) is 6.65. The van der Waals surface area contributed by atoms with Crippen LogP contribution in [-0.4, -0.2) is 46.8 Å². The molecule has 2 amide bonds. The van der Waals surface area contributed by atoms with Crippen molar-refractivity contribution in [2.45, 2.75) is 39.3 Å². The Labute approximate surface area is 119 Å². The van der Waals surface area contributed by atoms with Gasteiger partial charge in [0.05, 0.1) is 5.75 Å². The van der Waals surface area contributed by atoms with Crippen LogP contribution in [0.25, 0.3) is 0 Å². The lowest BCUT2D eigenvalue weighted by molar-refractivity contribution is -0.150. The molecule has 0 saturated carbocycles. The molecule has 1 aliphatic rings. The third-order valence-electron chi connectivity index (χ3n) is 3.20. The van der Waals surface area contributed by atoms with Gasteiger partial charge in [0, 0.05) is 12.3 Å². The van der Waals surface area contributed by atoms with Crippen molar-refractivity contribution in [1.82, 2.24) is 10.2 Å². The molecule has 0 aromatic heterocycles. The van der Waals surface area contributed by atoms with Gasteiger partial charge in [-0.3, -0.25) is 9.59 Å². The van der Waals surface area contributed by atoms with E-state index >= 15 is 0 Å². The number of rotatable bonds is 6. The third-order valence-corrected chi connectivity index (χ3v) is 4.05. The number of nitrogens with one attached hydrogen (secondary N) is 1. The van der Waals surface area contributed by atoms with Crippen LogP contribution >= 0.6 is 11.8 Å². The molecule has 0 aliphatic carbocycles. The van der Waals surface area contributed by atoms with E-state index in [0.29, 0.717) is 18.7 Å². The molecule has 5 heteroatoms. The molecule has 0 spiro atoms. The Morgan fingerprint density at radius 1 is 1.47 bits per heavy atom. The first-order valence-corrected chi connectivity index (χ1v) is 7.80. The van der Waals surface area contributed by atoms with Crippen LogP contribution in [0.15, 0.2) is 0 Å². The maximum absolute atomic E-state index is 12.3. The lowest BCUT2D eigenvalue weighted by atomic mass is 9.96. The Hall–Kier alpha value is -1.15. The van der Waals surface area contributed by atoms with Gasteiger partial charge < -0.3 is 10.2 Å². The summed E-state index contributed by atoms with van der Waals surface area (Å²) in [5, 5.41) is 2.81. The molecule has 1 heterocycles. The zero-order valence-electron chi connectivity index (χ0n) is 11.8. The highest BCUT2D eigenvalue weighted by Crippen LogP contribution is 2.19. The molecule has 0 aromatic carbocycles. The number of carbonyl (C=O) groups excluding carboxylic acids is 2. The van der Waals surface area contributed by atoms with Crippen molar-refractivity contribution < 1.29 is 9.59 Å². The fourth-order valence-corrected chi connectivity index (χ4v) is 2.87. The molecular formula is C14H22N2O2S. The first kappa shape index (κ1) is 15.9. The number of carbonyl (C=O) groups is 2. The zero-order chi connectivity index (χ0) is 14.4. The number of hydrogen-bond donors (Lipinski definition) is 1. The van der Waals surface area contributed by atoms with Crippen LogP contribution in [0.5, 0.6) is 0 Å². The van der Waals surface area contributed by atoms with Crippen LogP contribution in [-0.2, 0) is 9.59 Å². The van der Waals surface area contributed by atoms with Gasteiger partial charge in [-0.1, -0.05) is 26.7 Å². The van der Waals surface area contributed by atoms with Crippen molar-refractivity contribution in [2.75, 3.05) is 18.1 Å². The average Bonchev–Trinajstić information content (AvgIpc) is 2.37. The van der Waals surface area contributed by atoms with E-state index in [-0.39, 0.29) is 29.8 Å². The molecule has 106 valence electrons. The molecule has 1 saturated heterocycles. The van der Waals surface area contributed by atoms with E-state index in [9.17, 15) is 9.59 Å². The molecule has 1 N–H and O–H groups in total. The highest BCUT2D eigenvalue weighted by molar-refractivity contribution is 7.99. The van der Waals surface area contributed by atoms with Crippen molar-refractivity contribution in [3.8, 4) is 12.3 Å². The minimum absolute atomic E-state index is 0.0297. The Morgan fingerprint density at radius 2 is 2.16 bits per heavy atom. The molecule has 0 aromatic rings. The zero-order valence-corrected chi connectivity index (χ0v) is 12.6. The number of hydrogen-bond acceptors (Lipinski definition) is 3. The molecule has 1 fully saturated rings. The third kappa shape index (κ3) is 3.90. The number of thioether (sulfide) groups is 1. The van der Waals surface area contributed by atoms with Crippen LogP contribution in [0, 0.1) is 18.3 Å².